The lowest BCUT2D eigenvalue weighted by Crippen LogP contribution is -2.30. The van der Waals surface area contributed by atoms with E-state index in [0.29, 0.717) is 22.9 Å². The highest BCUT2D eigenvalue weighted by Crippen LogP contribution is 2.28. The van der Waals surface area contributed by atoms with Crippen LogP contribution in [0.2, 0.25) is 0 Å². The van der Waals surface area contributed by atoms with Gasteiger partial charge in [0.1, 0.15) is 0 Å². The molecule has 1 saturated heterocycles. The van der Waals surface area contributed by atoms with E-state index < -0.39 is 10.0 Å². The molecule has 0 saturated carbocycles. The summed E-state index contributed by atoms with van der Waals surface area (Å²) in [4.78, 5) is 0.974. The maximum atomic E-state index is 12.6. The van der Waals surface area contributed by atoms with Crippen molar-refractivity contribution in [3.05, 3.63) is 16.3 Å². The molecule has 2 unspecified atom stereocenters. The van der Waals surface area contributed by atoms with E-state index in [9.17, 15) is 8.42 Å². The van der Waals surface area contributed by atoms with Crippen molar-refractivity contribution >= 4 is 21.4 Å². The minimum absolute atomic E-state index is 0.224. The number of sulfonamides is 1. The zero-order valence-corrected chi connectivity index (χ0v) is 12.5. The molecule has 2 N–H and O–H groups in total. The summed E-state index contributed by atoms with van der Waals surface area (Å²) in [6, 6.07) is 1.60. The first-order valence-electron chi connectivity index (χ1n) is 5.86. The molecule has 2 atom stereocenters. The third-order valence-electron chi connectivity index (χ3n) is 3.30. The maximum absolute atomic E-state index is 12.6. The van der Waals surface area contributed by atoms with Crippen LogP contribution in [-0.2, 0) is 26.0 Å². The molecule has 0 amide bonds. The molecule has 0 bridgehead atoms. The Kier molecular flexibility index (Phi) is 4.59. The molecule has 0 radical (unpaired) electrons. The van der Waals surface area contributed by atoms with Crippen LogP contribution in [0.25, 0.3) is 0 Å². The Bertz CT molecular complexity index is 517. The van der Waals surface area contributed by atoms with Crippen molar-refractivity contribution < 1.29 is 17.9 Å². The van der Waals surface area contributed by atoms with Crippen LogP contribution >= 0.6 is 11.3 Å². The Morgan fingerprint density at radius 3 is 2.42 bits per heavy atom. The molecule has 2 heterocycles. The molecule has 1 aromatic rings. The quantitative estimate of drug-likeness (QED) is 0.843. The highest BCUT2D eigenvalue weighted by Gasteiger charge is 2.40. The number of nitrogens with two attached hydrogens (primary N) is 1. The molecule has 19 heavy (non-hydrogen) atoms. The monoisotopic (exact) mass is 306 g/mol. The predicted octanol–water partition coefficient (Wildman–Crippen LogP) is 0.241. The van der Waals surface area contributed by atoms with Crippen LogP contribution < -0.4 is 5.73 Å². The smallest absolute Gasteiger partial charge is 0.244 e. The van der Waals surface area contributed by atoms with Gasteiger partial charge in [-0.3, -0.25) is 0 Å². The lowest BCUT2D eigenvalue weighted by Gasteiger charge is -2.15. The normalized spacial score (nSPS) is 25.0. The fourth-order valence-corrected chi connectivity index (χ4v) is 4.98. The molecule has 2 rings (SSSR count). The van der Waals surface area contributed by atoms with Gasteiger partial charge in [0.05, 0.1) is 17.1 Å². The van der Waals surface area contributed by atoms with Gasteiger partial charge in [-0.15, -0.1) is 11.3 Å². The van der Waals surface area contributed by atoms with E-state index in [1.165, 1.54) is 15.6 Å². The topological polar surface area (TPSA) is 81.9 Å². The summed E-state index contributed by atoms with van der Waals surface area (Å²) in [5.74, 6) is 0. The first kappa shape index (κ1) is 14.9. The summed E-state index contributed by atoms with van der Waals surface area (Å²) in [7, 11) is -0.404. The third-order valence-corrected chi connectivity index (χ3v) is 6.28. The van der Waals surface area contributed by atoms with Gasteiger partial charge in [0.25, 0.3) is 0 Å². The Labute approximate surface area is 117 Å². The average molecular weight is 306 g/mol. The third kappa shape index (κ3) is 2.69. The Balaban J connectivity index is 2.27. The Morgan fingerprint density at radius 1 is 1.37 bits per heavy atom. The van der Waals surface area contributed by atoms with Crippen molar-refractivity contribution in [2.24, 2.45) is 5.73 Å². The van der Waals surface area contributed by atoms with Crippen LogP contribution in [-0.4, -0.2) is 52.2 Å². The standard InChI is InChI=1S/C11H18N2O4S2/c1-16-8-6-13(7-9(8)17-2)19(14,15)11-3-4-18-10(11)5-12/h3-4,8-9H,5-7,12H2,1-2H3. The molecule has 1 aliphatic rings. The van der Waals surface area contributed by atoms with E-state index >= 15 is 0 Å². The lowest BCUT2D eigenvalue weighted by molar-refractivity contribution is -0.00461. The molecular weight excluding hydrogens is 288 g/mol. The van der Waals surface area contributed by atoms with Gasteiger partial charge in [0.15, 0.2) is 0 Å². The summed E-state index contributed by atoms with van der Waals surface area (Å²) >= 11 is 1.35. The molecule has 0 spiro atoms. The van der Waals surface area contributed by atoms with Gasteiger partial charge >= 0.3 is 0 Å². The summed E-state index contributed by atoms with van der Waals surface area (Å²) in [5.41, 5.74) is 5.58. The second kappa shape index (κ2) is 5.86. The first-order valence-corrected chi connectivity index (χ1v) is 8.18. The van der Waals surface area contributed by atoms with Gasteiger partial charge < -0.3 is 15.2 Å². The highest BCUT2D eigenvalue weighted by atomic mass is 32.2. The minimum Gasteiger partial charge on any atom is -0.377 e. The molecule has 6 nitrogen and oxygen atoms in total. The number of ether oxygens (including phenoxy) is 2. The highest BCUT2D eigenvalue weighted by molar-refractivity contribution is 7.89. The maximum Gasteiger partial charge on any atom is 0.244 e. The average Bonchev–Trinajstić information content (AvgIpc) is 3.04. The lowest BCUT2D eigenvalue weighted by atomic mass is 10.3. The van der Waals surface area contributed by atoms with Gasteiger partial charge in [-0.2, -0.15) is 4.31 Å². The number of rotatable bonds is 5. The van der Waals surface area contributed by atoms with Crippen LogP contribution in [0.1, 0.15) is 4.88 Å². The van der Waals surface area contributed by atoms with Crippen molar-refractivity contribution in [2.75, 3.05) is 27.3 Å². The van der Waals surface area contributed by atoms with Crippen molar-refractivity contribution in [1.82, 2.24) is 4.31 Å². The van der Waals surface area contributed by atoms with Crippen LogP contribution in [0.15, 0.2) is 16.3 Å². The van der Waals surface area contributed by atoms with E-state index in [2.05, 4.69) is 0 Å². The summed E-state index contributed by atoms with van der Waals surface area (Å²) in [6.07, 6.45) is -0.473. The minimum atomic E-state index is -3.52. The van der Waals surface area contributed by atoms with Crippen LogP contribution in [0.3, 0.4) is 0 Å². The van der Waals surface area contributed by atoms with Gasteiger partial charge in [0.2, 0.25) is 10.0 Å². The SMILES string of the molecule is COC1CN(S(=O)(=O)c2ccsc2CN)CC1OC. The van der Waals surface area contributed by atoms with E-state index in [0.717, 1.165) is 0 Å². The molecule has 1 aromatic heterocycles. The first-order chi connectivity index (χ1) is 9.04. The molecule has 0 aliphatic carbocycles. The summed E-state index contributed by atoms with van der Waals surface area (Å²) in [6.45, 7) is 0.829. The van der Waals surface area contributed by atoms with Crippen LogP contribution in [0.5, 0.6) is 0 Å². The number of hydrogen-bond acceptors (Lipinski definition) is 6. The summed E-state index contributed by atoms with van der Waals surface area (Å²) in [5, 5.41) is 1.74. The fraction of sp³-hybridized carbons (Fsp3) is 0.636. The molecule has 0 aromatic carbocycles. The molecule has 1 fully saturated rings. The molecule has 1 aliphatic heterocycles. The van der Waals surface area contributed by atoms with E-state index in [-0.39, 0.29) is 18.8 Å². The van der Waals surface area contributed by atoms with Gasteiger partial charge in [-0.1, -0.05) is 0 Å². The second-order valence-electron chi connectivity index (χ2n) is 4.28. The molecular formula is C11H18N2O4S2. The van der Waals surface area contributed by atoms with Crippen molar-refractivity contribution in [3.63, 3.8) is 0 Å². The van der Waals surface area contributed by atoms with Crippen LogP contribution in [0, 0.1) is 0 Å². The largest absolute Gasteiger partial charge is 0.377 e. The summed E-state index contributed by atoms with van der Waals surface area (Å²) < 4.78 is 37.0. The Hall–Kier alpha value is -0.510. The molecule has 108 valence electrons. The van der Waals surface area contributed by atoms with Gasteiger partial charge in [0, 0.05) is 38.7 Å². The number of hydrogen-bond donors (Lipinski definition) is 1. The van der Waals surface area contributed by atoms with E-state index in [1.807, 2.05) is 0 Å². The van der Waals surface area contributed by atoms with Crippen molar-refractivity contribution in [1.29, 1.82) is 0 Å². The zero-order valence-electron chi connectivity index (χ0n) is 10.9. The molecule has 8 heteroatoms. The number of nitrogens with zero attached hydrogens (tertiary/aromatic N) is 1. The Morgan fingerprint density at radius 2 is 1.95 bits per heavy atom. The van der Waals surface area contributed by atoms with Gasteiger partial charge in [-0.05, 0) is 11.4 Å². The number of methoxy groups -OCH3 is 2. The predicted molar refractivity (Wildman–Crippen MR) is 72.6 cm³/mol. The number of thiophene rings is 1. The van der Waals surface area contributed by atoms with Crippen molar-refractivity contribution in [3.8, 4) is 0 Å². The van der Waals surface area contributed by atoms with Crippen molar-refractivity contribution in [2.45, 2.75) is 23.6 Å². The second-order valence-corrected chi connectivity index (χ2v) is 7.19. The fourth-order valence-electron chi connectivity index (χ4n) is 2.21. The van der Waals surface area contributed by atoms with E-state index in [1.54, 1.807) is 25.7 Å². The van der Waals surface area contributed by atoms with Gasteiger partial charge in [-0.25, -0.2) is 8.42 Å². The van der Waals surface area contributed by atoms with Crippen LogP contribution in [0.4, 0.5) is 0 Å². The van der Waals surface area contributed by atoms with E-state index in [4.69, 9.17) is 15.2 Å². The zero-order chi connectivity index (χ0) is 14.0.